The highest BCUT2D eigenvalue weighted by atomic mass is 16.7. The highest BCUT2D eigenvalue weighted by Crippen LogP contribution is 2.33. The summed E-state index contributed by atoms with van der Waals surface area (Å²) in [6, 6.07) is 9.27. The molecule has 0 atom stereocenters. The summed E-state index contributed by atoms with van der Waals surface area (Å²) in [6.07, 6.45) is 0. The lowest BCUT2D eigenvalue weighted by Crippen LogP contribution is -2.37. The molecule has 34 heavy (non-hydrogen) atoms. The Morgan fingerprint density at radius 1 is 0.912 bits per heavy atom. The average Bonchev–Trinajstić information content (AvgIpc) is 3.30. The first kappa shape index (κ1) is 22.7. The van der Waals surface area contributed by atoms with E-state index in [0.29, 0.717) is 47.6 Å². The van der Waals surface area contributed by atoms with E-state index in [1.165, 1.54) is 0 Å². The monoisotopic (exact) mass is 471 g/mol. The van der Waals surface area contributed by atoms with Crippen LogP contribution in [0.2, 0.25) is 0 Å². The Hall–Kier alpha value is -4.48. The second-order valence-electron chi connectivity index (χ2n) is 7.04. The van der Waals surface area contributed by atoms with Crippen LogP contribution >= 0.6 is 0 Å². The Morgan fingerprint density at radius 3 is 2.47 bits per heavy atom. The zero-order chi connectivity index (χ0) is 23.9. The quantitative estimate of drug-likeness (QED) is 0.351. The number of nitrogens with zero attached hydrogens (tertiary/aromatic N) is 1. The lowest BCUT2D eigenvalue weighted by molar-refractivity contribution is -0.152. The summed E-state index contributed by atoms with van der Waals surface area (Å²) in [4.78, 5) is 40.6. The number of amides is 3. The highest BCUT2D eigenvalue weighted by Gasteiger charge is 2.16. The molecule has 0 spiro atoms. The number of esters is 1. The summed E-state index contributed by atoms with van der Waals surface area (Å²) in [5, 5.41) is 8.38. The first-order valence-corrected chi connectivity index (χ1v) is 10.2. The van der Waals surface area contributed by atoms with E-state index >= 15 is 0 Å². The third-order valence-electron chi connectivity index (χ3n) is 4.59. The Bertz CT molecular complexity index is 1130. The van der Waals surface area contributed by atoms with Gasteiger partial charge in [0.05, 0.1) is 5.71 Å². The molecule has 12 heteroatoms. The van der Waals surface area contributed by atoms with Gasteiger partial charge in [-0.05, 0) is 37.3 Å². The zero-order valence-electron chi connectivity index (χ0n) is 18.1. The van der Waals surface area contributed by atoms with E-state index in [4.69, 9.17) is 28.5 Å². The van der Waals surface area contributed by atoms with Gasteiger partial charge in [-0.3, -0.25) is 10.1 Å². The van der Waals surface area contributed by atoms with Gasteiger partial charge in [0, 0.05) is 17.3 Å². The van der Waals surface area contributed by atoms with Gasteiger partial charge in [0.2, 0.25) is 13.4 Å². The van der Waals surface area contributed by atoms with Crippen LogP contribution < -0.4 is 29.6 Å². The number of fused-ring (bicyclic) bond motifs is 2. The SMILES string of the molecule is C/C(=N\OCC(=O)OCC(=O)NC(=O)Nc1ccc2c(c1)OCCO2)c1ccc2c(c1)OCO2. The van der Waals surface area contributed by atoms with Crippen molar-refractivity contribution in [2.24, 2.45) is 5.16 Å². The number of oxime groups is 1. The van der Waals surface area contributed by atoms with Crippen molar-refractivity contribution in [1.29, 1.82) is 0 Å². The first-order valence-electron chi connectivity index (χ1n) is 10.2. The third kappa shape index (κ3) is 5.85. The van der Waals surface area contributed by atoms with E-state index in [-0.39, 0.29) is 6.79 Å². The van der Waals surface area contributed by atoms with Crippen molar-refractivity contribution in [1.82, 2.24) is 5.32 Å². The van der Waals surface area contributed by atoms with Crippen LogP contribution in [0.5, 0.6) is 23.0 Å². The maximum absolute atomic E-state index is 12.0. The van der Waals surface area contributed by atoms with Gasteiger partial charge in [0.1, 0.15) is 13.2 Å². The topological polar surface area (TPSA) is 143 Å². The third-order valence-corrected chi connectivity index (χ3v) is 4.59. The van der Waals surface area contributed by atoms with Gasteiger partial charge in [-0.2, -0.15) is 0 Å². The predicted molar refractivity (Wildman–Crippen MR) is 116 cm³/mol. The molecule has 4 rings (SSSR count). The van der Waals surface area contributed by atoms with Crippen molar-refractivity contribution in [3.05, 3.63) is 42.0 Å². The molecule has 2 aliphatic rings. The van der Waals surface area contributed by atoms with Gasteiger partial charge >= 0.3 is 12.0 Å². The van der Waals surface area contributed by atoms with Crippen LogP contribution in [0.1, 0.15) is 12.5 Å². The fourth-order valence-electron chi connectivity index (χ4n) is 2.99. The number of carbonyl (C=O) groups is 3. The molecule has 0 aromatic heterocycles. The number of carbonyl (C=O) groups excluding carboxylic acids is 3. The Kier molecular flexibility index (Phi) is 6.96. The molecule has 2 aromatic rings. The van der Waals surface area contributed by atoms with Crippen molar-refractivity contribution >= 4 is 29.3 Å². The van der Waals surface area contributed by atoms with Crippen LogP contribution in [0.3, 0.4) is 0 Å². The molecule has 2 aromatic carbocycles. The van der Waals surface area contributed by atoms with Gasteiger partial charge < -0.3 is 33.8 Å². The summed E-state index contributed by atoms with van der Waals surface area (Å²) in [5.41, 5.74) is 1.62. The van der Waals surface area contributed by atoms with Gasteiger partial charge in [0.15, 0.2) is 29.6 Å². The van der Waals surface area contributed by atoms with Crippen LogP contribution in [0.4, 0.5) is 10.5 Å². The number of urea groups is 1. The summed E-state index contributed by atoms with van der Waals surface area (Å²) in [5.74, 6) is 0.640. The number of rotatable bonds is 7. The fourth-order valence-corrected chi connectivity index (χ4v) is 2.99. The number of hydrogen-bond acceptors (Lipinski definition) is 10. The van der Waals surface area contributed by atoms with Crippen LogP contribution in [0, 0.1) is 0 Å². The minimum atomic E-state index is -0.829. The van der Waals surface area contributed by atoms with Gasteiger partial charge in [-0.1, -0.05) is 5.16 Å². The van der Waals surface area contributed by atoms with E-state index in [9.17, 15) is 14.4 Å². The number of nitrogens with one attached hydrogen (secondary N) is 2. The summed E-state index contributed by atoms with van der Waals surface area (Å²) < 4.78 is 26.1. The van der Waals surface area contributed by atoms with Crippen molar-refractivity contribution in [3.63, 3.8) is 0 Å². The molecule has 0 bridgehead atoms. The van der Waals surface area contributed by atoms with Crippen LogP contribution in [-0.4, -0.2) is 56.8 Å². The molecule has 0 unspecified atom stereocenters. The Balaban J connectivity index is 1.16. The molecule has 2 aliphatic heterocycles. The number of hydrogen-bond donors (Lipinski definition) is 2. The highest BCUT2D eigenvalue weighted by molar-refractivity contribution is 6.02. The molecule has 0 radical (unpaired) electrons. The summed E-state index contributed by atoms with van der Waals surface area (Å²) in [7, 11) is 0. The van der Waals surface area contributed by atoms with E-state index < -0.39 is 31.1 Å². The van der Waals surface area contributed by atoms with Gasteiger partial charge in [0.25, 0.3) is 5.91 Å². The fraction of sp³-hybridized carbons (Fsp3) is 0.273. The van der Waals surface area contributed by atoms with Crippen LogP contribution in [-0.2, 0) is 19.2 Å². The average molecular weight is 471 g/mol. The molecule has 0 aliphatic carbocycles. The maximum Gasteiger partial charge on any atom is 0.347 e. The molecule has 12 nitrogen and oxygen atoms in total. The van der Waals surface area contributed by atoms with E-state index in [0.717, 1.165) is 5.56 Å². The zero-order valence-corrected chi connectivity index (χ0v) is 18.1. The van der Waals surface area contributed by atoms with Crippen molar-refractivity contribution in [3.8, 4) is 23.0 Å². The molecular formula is C22H21N3O9. The van der Waals surface area contributed by atoms with Gasteiger partial charge in [-0.15, -0.1) is 0 Å². The molecular weight excluding hydrogens is 450 g/mol. The minimum absolute atomic E-state index is 0.158. The molecule has 178 valence electrons. The number of anilines is 1. The van der Waals surface area contributed by atoms with E-state index in [1.54, 1.807) is 43.3 Å². The second kappa shape index (κ2) is 10.4. The Morgan fingerprint density at radius 2 is 1.62 bits per heavy atom. The molecule has 3 amide bonds. The predicted octanol–water partition coefficient (Wildman–Crippen LogP) is 1.82. The van der Waals surface area contributed by atoms with Crippen molar-refractivity contribution in [2.75, 3.05) is 38.5 Å². The minimum Gasteiger partial charge on any atom is -0.486 e. The molecule has 0 fully saturated rings. The molecule has 0 saturated heterocycles. The standard InChI is InChI=1S/C22H21N3O9/c1-13(14-2-4-17-18(8-14)33-12-32-17)25-34-11-21(27)31-10-20(26)24-22(28)23-15-3-5-16-19(9-15)30-7-6-29-16/h2-5,8-9H,6-7,10-12H2,1H3,(H2,23,24,26,28)/b25-13+. The van der Waals surface area contributed by atoms with Crippen LogP contribution in [0.15, 0.2) is 41.6 Å². The smallest absolute Gasteiger partial charge is 0.347 e. The second-order valence-corrected chi connectivity index (χ2v) is 7.04. The maximum atomic E-state index is 12.0. The van der Waals surface area contributed by atoms with E-state index in [1.807, 2.05) is 0 Å². The normalized spacial score (nSPS) is 13.6. The molecule has 2 heterocycles. The lowest BCUT2D eigenvalue weighted by atomic mass is 10.1. The number of ether oxygens (including phenoxy) is 5. The van der Waals surface area contributed by atoms with Crippen LogP contribution in [0.25, 0.3) is 0 Å². The molecule has 0 saturated carbocycles. The Labute approximate surface area is 193 Å². The largest absolute Gasteiger partial charge is 0.486 e. The summed E-state index contributed by atoms with van der Waals surface area (Å²) >= 11 is 0. The number of imide groups is 1. The molecule has 2 N–H and O–H groups in total. The first-order chi connectivity index (χ1) is 16.5. The lowest BCUT2D eigenvalue weighted by Gasteiger charge is -2.19. The summed E-state index contributed by atoms with van der Waals surface area (Å²) in [6.45, 7) is 1.52. The number of benzene rings is 2. The van der Waals surface area contributed by atoms with E-state index in [2.05, 4.69) is 15.8 Å². The van der Waals surface area contributed by atoms with Crippen molar-refractivity contribution in [2.45, 2.75) is 6.92 Å². The van der Waals surface area contributed by atoms with Gasteiger partial charge in [-0.25, -0.2) is 9.59 Å². The van der Waals surface area contributed by atoms with Crippen molar-refractivity contribution < 1.29 is 42.9 Å².